The Labute approximate surface area is 154 Å². The largest absolute Gasteiger partial charge is 0.394 e. The molecule has 0 spiro atoms. The Kier molecular flexibility index (Phi) is 6.72. The molecule has 1 aromatic heterocycles. The minimum Gasteiger partial charge on any atom is -0.394 e. The van der Waals surface area contributed by atoms with Gasteiger partial charge in [-0.3, -0.25) is 4.55 Å². The third kappa shape index (κ3) is 6.17. The summed E-state index contributed by atoms with van der Waals surface area (Å²) in [4.78, 5) is 4.04. The lowest BCUT2D eigenvalue weighted by molar-refractivity contribution is -0.190. The lowest BCUT2D eigenvalue weighted by Gasteiger charge is -2.29. The summed E-state index contributed by atoms with van der Waals surface area (Å²) >= 11 is 3.42. The van der Waals surface area contributed by atoms with Gasteiger partial charge in [0.15, 0.2) is 0 Å². The molecule has 25 heavy (non-hydrogen) atoms. The summed E-state index contributed by atoms with van der Waals surface area (Å²) in [5, 5.41) is 9.28. The summed E-state index contributed by atoms with van der Waals surface area (Å²) < 4.78 is 40.6. The van der Waals surface area contributed by atoms with Crippen LogP contribution in [0.3, 0.4) is 0 Å². The van der Waals surface area contributed by atoms with Crippen molar-refractivity contribution in [1.82, 2.24) is 9.55 Å². The van der Waals surface area contributed by atoms with Gasteiger partial charge in [-0.1, -0.05) is 28.1 Å². The molecule has 1 fully saturated rings. The highest BCUT2D eigenvalue weighted by atomic mass is 79.9. The normalized spacial score (nSPS) is 23.1. The van der Waals surface area contributed by atoms with Crippen LogP contribution in [0, 0.1) is 0 Å². The summed E-state index contributed by atoms with van der Waals surface area (Å²) in [6.45, 7) is 0.814. The highest BCUT2D eigenvalue weighted by molar-refractivity contribution is 9.10. The Morgan fingerprint density at radius 2 is 2.04 bits per heavy atom. The predicted octanol–water partition coefficient (Wildman–Crippen LogP) is 1.41. The van der Waals surface area contributed by atoms with Crippen molar-refractivity contribution in [2.45, 2.75) is 18.4 Å². The zero-order valence-corrected chi connectivity index (χ0v) is 15.9. The van der Waals surface area contributed by atoms with E-state index < -0.39 is 15.9 Å². The Morgan fingerprint density at radius 3 is 2.52 bits per heavy atom. The fourth-order valence-electron chi connectivity index (χ4n) is 2.30. The number of aliphatic hydroxyl groups excluding tert-OH is 1. The summed E-state index contributed by atoms with van der Waals surface area (Å²) in [6.07, 6.45) is 5.71. The third-order valence-corrected chi connectivity index (χ3v) is 3.83. The van der Waals surface area contributed by atoms with E-state index >= 15 is 0 Å². The summed E-state index contributed by atoms with van der Waals surface area (Å²) in [5.74, 6) is -0.880. The maximum atomic E-state index is 9.28. The summed E-state index contributed by atoms with van der Waals surface area (Å²) in [7, 11) is -3.67. The summed E-state index contributed by atoms with van der Waals surface area (Å²) in [6, 6.07) is 7.81. The van der Waals surface area contributed by atoms with E-state index in [0.717, 1.165) is 10.0 Å². The van der Waals surface area contributed by atoms with E-state index in [-0.39, 0.29) is 12.7 Å². The highest BCUT2D eigenvalue weighted by Gasteiger charge is 2.43. The average molecular weight is 435 g/mol. The molecular formula is C15H19BrN2O6S. The molecule has 0 saturated carbocycles. The quantitative estimate of drug-likeness (QED) is 0.699. The second-order valence-corrected chi connectivity index (χ2v) is 7.84. The van der Waals surface area contributed by atoms with Crippen molar-refractivity contribution in [1.29, 1.82) is 0 Å². The molecule has 3 rings (SSSR count). The zero-order valence-electron chi connectivity index (χ0n) is 13.4. The van der Waals surface area contributed by atoms with Gasteiger partial charge in [-0.25, -0.2) is 4.98 Å². The van der Waals surface area contributed by atoms with Gasteiger partial charge in [-0.2, -0.15) is 8.42 Å². The first-order valence-electron chi connectivity index (χ1n) is 7.29. The van der Waals surface area contributed by atoms with Crippen LogP contribution >= 0.6 is 15.9 Å². The van der Waals surface area contributed by atoms with Gasteiger partial charge in [0, 0.05) is 22.4 Å². The molecule has 138 valence electrons. The third-order valence-electron chi connectivity index (χ3n) is 3.30. The van der Waals surface area contributed by atoms with E-state index in [0.29, 0.717) is 19.4 Å². The molecule has 0 amide bonds. The standard InChI is InChI=1S/C14H15BrN2O3.CH4O3S/c15-12-3-1-11(2-4-12)14(9-17-6-5-16-10-17)19-8-13(7-18)20-14;1-5(2,3)4/h1-6,10,13,18H,7-9H2;1H3,(H,2,3,4). The van der Waals surface area contributed by atoms with Gasteiger partial charge < -0.3 is 19.1 Å². The van der Waals surface area contributed by atoms with E-state index in [1.807, 2.05) is 35.0 Å². The number of imidazole rings is 1. The molecule has 8 nitrogen and oxygen atoms in total. The van der Waals surface area contributed by atoms with E-state index in [1.54, 1.807) is 12.5 Å². The second kappa shape index (κ2) is 8.39. The number of nitrogens with zero attached hydrogens (tertiary/aromatic N) is 2. The van der Waals surface area contributed by atoms with Crippen molar-refractivity contribution < 1.29 is 27.6 Å². The van der Waals surface area contributed by atoms with Crippen LogP contribution in [0.1, 0.15) is 5.56 Å². The van der Waals surface area contributed by atoms with Crippen molar-refractivity contribution in [2.24, 2.45) is 0 Å². The predicted molar refractivity (Wildman–Crippen MR) is 93.4 cm³/mol. The highest BCUT2D eigenvalue weighted by Crippen LogP contribution is 2.36. The van der Waals surface area contributed by atoms with E-state index in [4.69, 9.17) is 14.0 Å². The van der Waals surface area contributed by atoms with E-state index in [9.17, 15) is 13.5 Å². The Bertz CT molecular complexity index is 758. The van der Waals surface area contributed by atoms with Gasteiger partial charge in [0.25, 0.3) is 10.1 Å². The Balaban J connectivity index is 0.000000399. The van der Waals surface area contributed by atoms with Crippen molar-refractivity contribution >= 4 is 26.0 Å². The van der Waals surface area contributed by atoms with Gasteiger partial charge in [0.05, 0.1) is 32.3 Å². The lowest BCUT2D eigenvalue weighted by atomic mass is 10.1. The average Bonchev–Trinajstić information content (AvgIpc) is 3.17. The van der Waals surface area contributed by atoms with Crippen LogP contribution in [0.5, 0.6) is 0 Å². The topological polar surface area (TPSA) is 111 Å². The molecule has 2 unspecified atom stereocenters. The number of ether oxygens (including phenoxy) is 2. The Hall–Kier alpha value is -1.30. The smallest absolute Gasteiger partial charge is 0.261 e. The number of halogens is 1. The lowest BCUT2D eigenvalue weighted by Crippen LogP contribution is -2.33. The van der Waals surface area contributed by atoms with Crippen LogP contribution in [-0.2, 0) is 31.9 Å². The number of rotatable bonds is 4. The van der Waals surface area contributed by atoms with Crippen LogP contribution in [0.4, 0.5) is 0 Å². The summed E-state index contributed by atoms with van der Waals surface area (Å²) in [5.41, 5.74) is 0.922. The van der Waals surface area contributed by atoms with Gasteiger partial charge >= 0.3 is 0 Å². The van der Waals surface area contributed by atoms with E-state index in [2.05, 4.69) is 20.9 Å². The SMILES string of the molecule is CS(=O)(=O)O.OCC1COC(Cn2ccnc2)(c2ccc(Br)cc2)O1. The fourth-order valence-corrected chi connectivity index (χ4v) is 2.57. The molecule has 1 saturated heterocycles. The van der Waals surface area contributed by atoms with Gasteiger partial charge in [-0.15, -0.1) is 0 Å². The van der Waals surface area contributed by atoms with Crippen LogP contribution in [0.15, 0.2) is 47.5 Å². The van der Waals surface area contributed by atoms with Gasteiger partial charge in [0.2, 0.25) is 5.79 Å². The molecule has 2 heterocycles. The second-order valence-electron chi connectivity index (χ2n) is 5.46. The maximum absolute atomic E-state index is 9.28. The number of aromatic nitrogens is 2. The van der Waals surface area contributed by atoms with Crippen molar-refractivity contribution in [2.75, 3.05) is 19.5 Å². The van der Waals surface area contributed by atoms with Crippen molar-refractivity contribution in [3.05, 3.63) is 53.0 Å². The minimum absolute atomic E-state index is 0.0534. The molecule has 1 aromatic carbocycles. The molecular weight excluding hydrogens is 416 g/mol. The molecule has 0 radical (unpaired) electrons. The number of benzene rings is 1. The first-order chi connectivity index (χ1) is 11.7. The first kappa shape index (κ1) is 20.0. The molecule has 2 N–H and O–H groups in total. The fraction of sp³-hybridized carbons (Fsp3) is 0.400. The van der Waals surface area contributed by atoms with Crippen molar-refractivity contribution in [3.8, 4) is 0 Å². The van der Waals surface area contributed by atoms with E-state index in [1.165, 1.54) is 0 Å². The zero-order chi connectivity index (χ0) is 18.5. The monoisotopic (exact) mass is 434 g/mol. The number of hydrogen-bond acceptors (Lipinski definition) is 6. The molecule has 0 bridgehead atoms. The number of hydrogen-bond donors (Lipinski definition) is 2. The maximum Gasteiger partial charge on any atom is 0.261 e. The Morgan fingerprint density at radius 1 is 1.40 bits per heavy atom. The van der Waals surface area contributed by atoms with Crippen LogP contribution in [-0.4, -0.2) is 53.2 Å². The van der Waals surface area contributed by atoms with Gasteiger partial charge in [-0.05, 0) is 12.1 Å². The molecule has 10 heteroatoms. The molecule has 2 aromatic rings. The van der Waals surface area contributed by atoms with Gasteiger partial charge in [0.1, 0.15) is 6.10 Å². The van der Waals surface area contributed by atoms with Crippen LogP contribution in [0.25, 0.3) is 0 Å². The first-order valence-corrected chi connectivity index (χ1v) is 9.93. The molecule has 1 aliphatic rings. The van der Waals surface area contributed by atoms with Crippen LogP contribution < -0.4 is 0 Å². The van der Waals surface area contributed by atoms with Crippen molar-refractivity contribution in [3.63, 3.8) is 0 Å². The van der Waals surface area contributed by atoms with Crippen LogP contribution in [0.2, 0.25) is 0 Å². The molecule has 0 aliphatic carbocycles. The minimum atomic E-state index is -3.67. The number of aliphatic hydroxyl groups is 1. The molecule has 1 aliphatic heterocycles. The molecule has 2 atom stereocenters.